The number of nitrogens with two attached hydrogens (primary N) is 1. The molecule has 2 aromatic rings. The fourth-order valence-corrected chi connectivity index (χ4v) is 5.40. The van der Waals surface area contributed by atoms with Crippen LogP contribution in [-0.2, 0) is 27.2 Å². The van der Waals surface area contributed by atoms with Crippen LogP contribution in [0.15, 0.2) is 42.5 Å². The largest absolute Gasteiger partial charge is 0.358 e. The van der Waals surface area contributed by atoms with Crippen molar-refractivity contribution in [3.8, 4) is 0 Å². The molecular formula is C30H40Cl2FN5O3. The lowest BCUT2D eigenvalue weighted by atomic mass is 9.97. The molecule has 1 heterocycles. The maximum absolute atomic E-state index is 14.0. The highest BCUT2D eigenvalue weighted by molar-refractivity contribution is 6.42. The molecule has 1 saturated heterocycles. The highest BCUT2D eigenvalue weighted by atomic mass is 35.5. The summed E-state index contributed by atoms with van der Waals surface area (Å²) in [4.78, 5) is 43.8. The van der Waals surface area contributed by atoms with E-state index in [-0.39, 0.29) is 30.1 Å². The predicted octanol–water partition coefficient (Wildman–Crippen LogP) is 3.57. The van der Waals surface area contributed by atoms with Crippen molar-refractivity contribution in [1.82, 2.24) is 20.4 Å². The van der Waals surface area contributed by atoms with E-state index in [1.165, 1.54) is 12.1 Å². The highest BCUT2D eigenvalue weighted by Gasteiger charge is 2.38. The Morgan fingerprint density at radius 2 is 1.71 bits per heavy atom. The summed E-state index contributed by atoms with van der Waals surface area (Å²) in [5, 5.41) is 6.47. The van der Waals surface area contributed by atoms with Gasteiger partial charge in [-0.3, -0.25) is 19.3 Å². The SMILES string of the molecule is CCCC1CN(C(Cc2ccc(Cl)c(Cl)c2)C(=O)NC)CCN1C(=O)C(Cc1ccc(F)cc1)NC(=O)C(C)(C)N. The molecule has 0 bridgehead atoms. The van der Waals surface area contributed by atoms with Crippen LogP contribution in [0.2, 0.25) is 10.0 Å². The summed E-state index contributed by atoms with van der Waals surface area (Å²) in [6.07, 6.45) is 2.16. The van der Waals surface area contributed by atoms with E-state index in [1.54, 1.807) is 50.1 Å². The molecular weight excluding hydrogens is 568 g/mol. The number of halogens is 3. The third kappa shape index (κ3) is 8.88. The van der Waals surface area contributed by atoms with Gasteiger partial charge in [-0.25, -0.2) is 4.39 Å². The van der Waals surface area contributed by atoms with E-state index in [4.69, 9.17) is 28.9 Å². The summed E-state index contributed by atoms with van der Waals surface area (Å²) in [5.41, 5.74) is 6.43. The van der Waals surface area contributed by atoms with Crippen molar-refractivity contribution in [1.29, 1.82) is 0 Å². The Morgan fingerprint density at radius 3 is 2.29 bits per heavy atom. The second-order valence-corrected chi connectivity index (χ2v) is 11.9. The normalized spacial score (nSPS) is 17.6. The molecule has 1 fully saturated rings. The number of rotatable bonds is 11. The first-order chi connectivity index (χ1) is 19.3. The lowest BCUT2D eigenvalue weighted by molar-refractivity contribution is -0.143. The van der Waals surface area contributed by atoms with Crippen LogP contribution in [0.3, 0.4) is 0 Å². The minimum absolute atomic E-state index is 0.127. The summed E-state index contributed by atoms with van der Waals surface area (Å²) < 4.78 is 13.5. The average molecular weight is 609 g/mol. The maximum atomic E-state index is 14.0. The summed E-state index contributed by atoms with van der Waals surface area (Å²) in [6.45, 7) is 6.52. The Balaban J connectivity index is 1.84. The van der Waals surface area contributed by atoms with Gasteiger partial charge in [0.2, 0.25) is 17.7 Å². The first-order valence-corrected chi connectivity index (χ1v) is 14.6. The number of benzene rings is 2. The maximum Gasteiger partial charge on any atom is 0.245 e. The zero-order valence-corrected chi connectivity index (χ0v) is 25.6. The Hall–Kier alpha value is -2.72. The fourth-order valence-electron chi connectivity index (χ4n) is 5.08. The molecule has 0 radical (unpaired) electrons. The van der Waals surface area contributed by atoms with E-state index in [9.17, 15) is 18.8 Å². The number of amides is 3. The van der Waals surface area contributed by atoms with Gasteiger partial charge in [0.15, 0.2) is 0 Å². The standard InChI is InChI=1S/C30H40Cl2FN5O3/c1-5-6-22-18-37(26(27(39)35-4)17-20-9-12-23(31)24(32)15-20)13-14-38(22)28(40)25(36-29(41)30(2,3)34)16-19-7-10-21(33)11-8-19/h7-12,15,22,25-26H,5-6,13-14,16-18,34H2,1-4H3,(H,35,39)(H,36,41). The molecule has 0 saturated carbocycles. The Labute approximate surface area is 251 Å². The van der Waals surface area contributed by atoms with E-state index < -0.39 is 23.5 Å². The number of carbonyl (C=O) groups excluding carboxylic acids is 3. The topological polar surface area (TPSA) is 108 Å². The van der Waals surface area contributed by atoms with Crippen molar-refractivity contribution in [2.75, 3.05) is 26.7 Å². The molecule has 224 valence electrons. The second kappa shape index (κ2) is 14.4. The van der Waals surface area contributed by atoms with Crippen molar-refractivity contribution in [3.63, 3.8) is 0 Å². The van der Waals surface area contributed by atoms with Gasteiger partial charge in [-0.2, -0.15) is 0 Å². The number of likely N-dealkylation sites (N-methyl/N-ethyl adjacent to an activating group) is 1. The summed E-state index contributed by atoms with van der Waals surface area (Å²) in [6, 6.07) is 9.68. The number of nitrogens with zero attached hydrogens (tertiary/aromatic N) is 2. The van der Waals surface area contributed by atoms with Crippen LogP contribution >= 0.6 is 23.2 Å². The Kier molecular flexibility index (Phi) is 11.6. The molecule has 3 atom stereocenters. The van der Waals surface area contributed by atoms with Crippen LogP contribution in [0.1, 0.15) is 44.7 Å². The van der Waals surface area contributed by atoms with Crippen molar-refractivity contribution in [2.24, 2.45) is 5.73 Å². The van der Waals surface area contributed by atoms with Crippen LogP contribution < -0.4 is 16.4 Å². The quantitative estimate of drug-likeness (QED) is 0.362. The van der Waals surface area contributed by atoms with Crippen LogP contribution in [0.5, 0.6) is 0 Å². The van der Waals surface area contributed by atoms with Gasteiger partial charge in [-0.1, -0.05) is 54.7 Å². The van der Waals surface area contributed by atoms with Gasteiger partial charge in [0, 0.05) is 39.1 Å². The summed E-state index contributed by atoms with van der Waals surface area (Å²) >= 11 is 12.3. The molecule has 3 amide bonds. The van der Waals surface area contributed by atoms with E-state index >= 15 is 0 Å². The summed E-state index contributed by atoms with van der Waals surface area (Å²) in [7, 11) is 1.61. The van der Waals surface area contributed by atoms with E-state index in [0.29, 0.717) is 41.7 Å². The Morgan fingerprint density at radius 1 is 1.05 bits per heavy atom. The molecule has 41 heavy (non-hydrogen) atoms. The Bertz CT molecular complexity index is 1220. The van der Waals surface area contributed by atoms with Crippen LogP contribution in [0, 0.1) is 5.82 Å². The van der Waals surface area contributed by atoms with Gasteiger partial charge in [-0.15, -0.1) is 0 Å². The van der Waals surface area contributed by atoms with Crippen molar-refractivity contribution in [3.05, 3.63) is 69.5 Å². The number of piperazine rings is 1. The van der Waals surface area contributed by atoms with E-state index in [2.05, 4.69) is 15.5 Å². The minimum atomic E-state index is -1.19. The molecule has 3 unspecified atom stereocenters. The van der Waals surface area contributed by atoms with Gasteiger partial charge in [0.25, 0.3) is 0 Å². The highest BCUT2D eigenvalue weighted by Crippen LogP contribution is 2.25. The van der Waals surface area contributed by atoms with Crippen molar-refractivity contribution in [2.45, 2.75) is 70.1 Å². The molecule has 0 spiro atoms. The number of hydrogen-bond donors (Lipinski definition) is 3. The smallest absolute Gasteiger partial charge is 0.245 e. The van der Waals surface area contributed by atoms with Crippen LogP contribution in [0.25, 0.3) is 0 Å². The molecule has 1 aliphatic rings. The molecule has 2 aromatic carbocycles. The van der Waals surface area contributed by atoms with Crippen molar-refractivity contribution < 1.29 is 18.8 Å². The molecule has 3 rings (SSSR count). The van der Waals surface area contributed by atoms with Crippen LogP contribution in [-0.4, -0.2) is 77.9 Å². The number of hydrogen-bond acceptors (Lipinski definition) is 5. The molecule has 4 N–H and O–H groups in total. The fraction of sp³-hybridized carbons (Fsp3) is 0.500. The van der Waals surface area contributed by atoms with Gasteiger partial charge >= 0.3 is 0 Å². The monoisotopic (exact) mass is 607 g/mol. The number of nitrogens with one attached hydrogen (secondary N) is 2. The van der Waals surface area contributed by atoms with Gasteiger partial charge in [0.05, 0.1) is 21.6 Å². The summed E-state index contributed by atoms with van der Waals surface area (Å²) in [5.74, 6) is -1.19. The van der Waals surface area contributed by atoms with Crippen molar-refractivity contribution >= 4 is 40.9 Å². The van der Waals surface area contributed by atoms with Gasteiger partial charge in [0.1, 0.15) is 11.9 Å². The molecule has 11 heteroatoms. The third-order valence-corrected chi connectivity index (χ3v) is 8.10. The molecule has 1 aliphatic heterocycles. The zero-order valence-electron chi connectivity index (χ0n) is 24.1. The first-order valence-electron chi connectivity index (χ1n) is 13.9. The second-order valence-electron chi connectivity index (χ2n) is 11.1. The number of carbonyl (C=O) groups is 3. The molecule has 8 nitrogen and oxygen atoms in total. The zero-order chi connectivity index (χ0) is 30.3. The predicted molar refractivity (Wildman–Crippen MR) is 160 cm³/mol. The third-order valence-electron chi connectivity index (χ3n) is 7.36. The first kappa shape index (κ1) is 32.8. The lowest BCUT2D eigenvalue weighted by Gasteiger charge is -2.45. The van der Waals surface area contributed by atoms with E-state index in [0.717, 1.165) is 18.4 Å². The minimum Gasteiger partial charge on any atom is -0.358 e. The average Bonchev–Trinajstić information content (AvgIpc) is 2.93. The molecule has 0 aliphatic carbocycles. The van der Waals surface area contributed by atoms with Crippen LogP contribution in [0.4, 0.5) is 4.39 Å². The van der Waals surface area contributed by atoms with Gasteiger partial charge < -0.3 is 21.3 Å². The van der Waals surface area contributed by atoms with E-state index in [1.807, 2.05) is 13.0 Å². The van der Waals surface area contributed by atoms with Gasteiger partial charge in [-0.05, 0) is 62.1 Å². The lowest BCUT2D eigenvalue weighted by Crippen LogP contribution is -2.64. The molecule has 0 aromatic heterocycles.